The Morgan fingerprint density at radius 1 is 1.22 bits per heavy atom. The van der Waals surface area contributed by atoms with E-state index in [-0.39, 0.29) is 11.8 Å². The summed E-state index contributed by atoms with van der Waals surface area (Å²) >= 11 is 0. The lowest BCUT2D eigenvalue weighted by Crippen LogP contribution is -2.43. The van der Waals surface area contributed by atoms with Gasteiger partial charge in [-0.2, -0.15) is 4.31 Å². The zero-order valence-corrected chi connectivity index (χ0v) is 11.7. The van der Waals surface area contributed by atoms with Gasteiger partial charge in [0.05, 0.1) is 5.75 Å². The number of piperidine rings is 1. The van der Waals surface area contributed by atoms with E-state index in [1.54, 1.807) is 4.31 Å². The molecule has 100 valence electrons. The SMILES string of the molecule is CCC1CCCCN1S(=O)(=O)Cc1ccccc1. The minimum atomic E-state index is -3.16. The molecule has 1 aromatic rings. The van der Waals surface area contributed by atoms with Crippen LogP contribution in [0.3, 0.4) is 0 Å². The summed E-state index contributed by atoms with van der Waals surface area (Å²) in [5.74, 6) is 0.129. The number of sulfonamides is 1. The first kappa shape index (κ1) is 13.6. The Hall–Kier alpha value is -0.870. The average molecular weight is 267 g/mol. The van der Waals surface area contributed by atoms with E-state index in [1.807, 2.05) is 30.3 Å². The smallest absolute Gasteiger partial charge is 0.212 e. The van der Waals surface area contributed by atoms with Crippen LogP contribution in [0.25, 0.3) is 0 Å². The summed E-state index contributed by atoms with van der Waals surface area (Å²) in [6.45, 7) is 2.76. The van der Waals surface area contributed by atoms with Crippen LogP contribution in [-0.2, 0) is 15.8 Å². The van der Waals surface area contributed by atoms with Gasteiger partial charge in [-0.15, -0.1) is 0 Å². The molecule has 4 heteroatoms. The molecule has 1 unspecified atom stereocenters. The molecule has 0 radical (unpaired) electrons. The quantitative estimate of drug-likeness (QED) is 0.841. The molecule has 1 fully saturated rings. The summed E-state index contributed by atoms with van der Waals surface area (Å²) in [6.07, 6.45) is 4.05. The highest BCUT2D eigenvalue weighted by Crippen LogP contribution is 2.24. The minimum absolute atomic E-state index is 0.129. The van der Waals surface area contributed by atoms with Crippen LogP contribution in [0, 0.1) is 0 Å². The highest BCUT2D eigenvalue weighted by Gasteiger charge is 2.30. The maximum atomic E-state index is 12.5. The van der Waals surface area contributed by atoms with Crippen molar-refractivity contribution in [2.24, 2.45) is 0 Å². The average Bonchev–Trinajstić information content (AvgIpc) is 2.39. The molecule has 1 atom stereocenters. The van der Waals surface area contributed by atoms with E-state index in [1.165, 1.54) is 0 Å². The number of benzene rings is 1. The van der Waals surface area contributed by atoms with Crippen molar-refractivity contribution in [3.63, 3.8) is 0 Å². The third-order valence-corrected chi connectivity index (χ3v) is 5.49. The Kier molecular flexibility index (Phi) is 4.40. The standard InChI is InChI=1S/C14H21NO2S/c1-2-14-10-6-7-11-15(14)18(16,17)12-13-8-4-3-5-9-13/h3-5,8-9,14H,2,6-7,10-12H2,1H3. The normalized spacial score (nSPS) is 21.9. The lowest BCUT2D eigenvalue weighted by molar-refractivity contribution is 0.246. The molecule has 3 nitrogen and oxygen atoms in total. The summed E-state index contributed by atoms with van der Waals surface area (Å²) in [5.41, 5.74) is 0.873. The van der Waals surface area contributed by atoms with Crippen LogP contribution >= 0.6 is 0 Å². The van der Waals surface area contributed by atoms with Gasteiger partial charge >= 0.3 is 0 Å². The van der Waals surface area contributed by atoms with Gasteiger partial charge in [0.2, 0.25) is 10.0 Å². The van der Waals surface area contributed by atoms with Gasteiger partial charge in [0.15, 0.2) is 0 Å². The van der Waals surface area contributed by atoms with E-state index in [2.05, 4.69) is 6.92 Å². The molecule has 1 aliphatic rings. The van der Waals surface area contributed by atoms with E-state index >= 15 is 0 Å². The monoisotopic (exact) mass is 267 g/mol. The fourth-order valence-corrected chi connectivity index (χ4v) is 4.51. The molecule has 0 N–H and O–H groups in total. The third kappa shape index (κ3) is 3.12. The molecule has 0 aromatic heterocycles. The summed E-state index contributed by atoms with van der Waals surface area (Å²) in [5, 5.41) is 0. The first-order valence-corrected chi connectivity index (χ1v) is 8.28. The van der Waals surface area contributed by atoms with Gasteiger partial charge in [0, 0.05) is 12.6 Å². The predicted molar refractivity (Wildman–Crippen MR) is 73.7 cm³/mol. The minimum Gasteiger partial charge on any atom is -0.212 e. The summed E-state index contributed by atoms with van der Waals surface area (Å²) < 4.78 is 26.6. The zero-order valence-electron chi connectivity index (χ0n) is 10.9. The van der Waals surface area contributed by atoms with E-state index in [9.17, 15) is 8.42 Å². The molecule has 18 heavy (non-hydrogen) atoms. The Labute approximate surface area is 110 Å². The van der Waals surface area contributed by atoms with Gasteiger partial charge in [-0.3, -0.25) is 0 Å². The maximum absolute atomic E-state index is 12.5. The van der Waals surface area contributed by atoms with Crippen LogP contribution in [0.4, 0.5) is 0 Å². The first-order chi connectivity index (χ1) is 8.63. The fraction of sp³-hybridized carbons (Fsp3) is 0.571. The molecule has 1 heterocycles. The van der Waals surface area contributed by atoms with Crippen LogP contribution in [-0.4, -0.2) is 25.3 Å². The van der Waals surface area contributed by atoms with Gasteiger partial charge in [-0.05, 0) is 24.8 Å². The molecule has 1 aliphatic heterocycles. The molecule has 0 bridgehead atoms. The largest absolute Gasteiger partial charge is 0.218 e. The topological polar surface area (TPSA) is 37.4 Å². The lowest BCUT2D eigenvalue weighted by Gasteiger charge is -2.34. The fourth-order valence-electron chi connectivity index (χ4n) is 2.62. The van der Waals surface area contributed by atoms with Crippen LogP contribution in [0.2, 0.25) is 0 Å². The van der Waals surface area contributed by atoms with Crippen molar-refractivity contribution >= 4 is 10.0 Å². The summed E-state index contributed by atoms with van der Waals surface area (Å²) in [4.78, 5) is 0. The third-order valence-electron chi connectivity index (χ3n) is 3.59. The van der Waals surface area contributed by atoms with Crippen molar-refractivity contribution in [3.8, 4) is 0 Å². The highest BCUT2D eigenvalue weighted by molar-refractivity contribution is 7.88. The molecule has 1 saturated heterocycles. The van der Waals surface area contributed by atoms with E-state index in [4.69, 9.17) is 0 Å². The van der Waals surface area contributed by atoms with Gasteiger partial charge < -0.3 is 0 Å². The molecule has 0 spiro atoms. The van der Waals surface area contributed by atoms with Gasteiger partial charge in [-0.25, -0.2) is 8.42 Å². The van der Waals surface area contributed by atoms with E-state index in [0.717, 1.165) is 31.2 Å². The Morgan fingerprint density at radius 3 is 2.61 bits per heavy atom. The first-order valence-electron chi connectivity index (χ1n) is 6.67. The summed E-state index contributed by atoms with van der Waals surface area (Å²) in [6, 6.07) is 9.64. The van der Waals surface area contributed by atoms with Crippen molar-refractivity contribution in [2.45, 2.75) is 44.4 Å². The van der Waals surface area contributed by atoms with Crippen molar-refractivity contribution in [1.29, 1.82) is 0 Å². The highest BCUT2D eigenvalue weighted by atomic mass is 32.2. The molecule has 2 rings (SSSR count). The second kappa shape index (κ2) is 5.85. The maximum Gasteiger partial charge on any atom is 0.218 e. The number of hydrogen-bond donors (Lipinski definition) is 0. The van der Waals surface area contributed by atoms with Crippen LogP contribution < -0.4 is 0 Å². The molecule has 0 aliphatic carbocycles. The molecular formula is C14H21NO2S. The van der Waals surface area contributed by atoms with Crippen LogP contribution in [0.1, 0.15) is 38.2 Å². The second-order valence-corrected chi connectivity index (χ2v) is 6.83. The van der Waals surface area contributed by atoms with Crippen LogP contribution in [0.5, 0.6) is 0 Å². The van der Waals surface area contributed by atoms with Gasteiger partial charge in [0.25, 0.3) is 0 Å². The second-order valence-electron chi connectivity index (χ2n) is 4.91. The number of hydrogen-bond acceptors (Lipinski definition) is 2. The van der Waals surface area contributed by atoms with E-state index in [0.29, 0.717) is 6.54 Å². The molecular weight excluding hydrogens is 246 g/mol. The predicted octanol–water partition coefficient (Wildman–Crippen LogP) is 2.78. The summed E-state index contributed by atoms with van der Waals surface area (Å²) in [7, 11) is -3.16. The van der Waals surface area contributed by atoms with Crippen molar-refractivity contribution < 1.29 is 8.42 Å². The van der Waals surface area contributed by atoms with Gasteiger partial charge in [0.1, 0.15) is 0 Å². The molecule has 0 amide bonds. The Bertz CT molecular complexity index is 470. The zero-order chi connectivity index (χ0) is 13.0. The Balaban J connectivity index is 2.14. The van der Waals surface area contributed by atoms with Crippen molar-refractivity contribution in [1.82, 2.24) is 4.31 Å². The molecule has 1 aromatic carbocycles. The lowest BCUT2D eigenvalue weighted by atomic mass is 10.0. The number of rotatable bonds is 4. The van der Waals surface area contributed by atoms with Crippen LogP contribution in [0.15, 0.2) is 30.3 Å². The Morgan fingerprint density at radius 2 is 1.94 bits per heavy atom. The molecule has 0 saturated carbocycles. The van der Waals surface area contributed by atoms with Crippen molar-refractivity contribution in [2.75, 3.05) is 6.54 Å². The number of nitrogens with zero attached hydrogens (tertiary/aromatic N) is 1. The van der Waals surface area contributed by atoms with Gasteiger partial charge in [-0.1, -0.05) is 43.7 Å². The van der Waals surface area contributed by atoms with Crippen molar-refractivity contribution in [3.05, 3.63) is 35.9 Å². The van der Waals surface area contributed by atoms with E-state index < -0.39 is 10.0 Å².